The Morgan fingerprint density at radius 2 is 2.00 bits per heavy atom. The molecule has 1 amide bonds. The first-order valence-corrected chi connectivity index (χ1v) is 11.4. The van der Waals surface area contributed by atoms with Crippen LogP contribution < -0.4 is 20.1 Å². The van der Waals surface area contributed by atoms with Crippen molar-refractivity contribution in [1.29, 1.82) is 0 Å². The minimum atomic E-state index is -5.52. The number of halogens is 3. The third-order valence-corrected chi connectivity index (χ3v) is 7.11. The molecule has 2 aliphatic heterocycles. The molecule has 2 fully saturated rings. The Hall–Kier alpha value is -2.31. The van der Waals surface area contributed by atoms with Crippen LogP contribution in [0.1, 0.15) is 28.9 Å². The van der Waals surface area contributed by atoms with Crippen LogP contribution in [0.15, 0.2) is 36.4 Å². The maximum absolute atomic E-state index is 12.5. The lowest BCUT2D eigenvalue weighted by atomic mass is 9.95. The van der Waals surface area contributed by atoms with Crippen molar-refractivity contribution in [2.24, 2.45) is 0 Å². The van der Waals surface area contributed by atoms with Crippen molar-refractivity contribution < 1.29 is 31.1 Å². The fraction of sp³-hybridized carbons (Fsp3) is 0.389. The number of carbonyl (C=O) groups is 1. The van der Waals surface area contributed by atoms with Gasteiger partial charge in [0.05, 0.1) is 10.6 Å². The van der Waals surface area contributed by atoms with Crippen molar-refractivity contribution >= 4 is 33.0 Å². The lowest BCUT2D eigenvalue weighted by molar-refractivity contribution is -0.0429. The average Bonchev–Trinajstić information content (AvgIpc) is 3.37. The van der Waals surface area contributed by atoms with E-state index < -0.39 is 15.5 Å². The van der Waals surface area contributed by atoms with Crippen molar-refractivity contribution in [2.45, 2.75) is 42.9 Å². The zero-order chi connectivity index (χ0) is 21.5. The van der Waals surface area contributed by atoms with Crippen molar-refractivity contribution in [3.05, 3.63) is 41.3 Å². The maximum Gasteiger partial charge on any atom is 0.516 e. The first-order valence-electron chi connectivity index (χ1n) is 9.14. The molecule has 30 heavy (non-hydrogen) atoms. The molecule has 2 saturated heterocycles. The molecule has 0 radical (unpaired) electrons. The van der Waals surface area contributed by atoms with E-state index in [9.17, 15) is 26.4 Å². The first-order chi connectivity index (χ1) is 14.1. The Morgan fingerprint density at radius 1 is 1.20 bits per heavy atom. The fourth-order valence-corrected chi connectivity index (χ4v) is 5.00. The van der Waals surface area contributed by atoms with E-state index in [1.165, 1.54) is 22.9 Å². The van der Waals surface area contributed by atoms with Crippen molar-refractivity contribution in [1.82, 2.24) is 10.6 Å². The number of hydrogen-bond acceptors (Lipinski definition) is 6. The van der Waals surface area contributed by atoms with Crippen molar-refractivity contribution in [3.63, 3.8) is 0 Å². The summed E-state index contributed by atoms with van der Waals surface area (Å²) in [5, 5.41) is 6.82. The zero-order valence-electron chi connectivity index (χ0n) is 15.4. The second-order valence-electron chi connectivity index (χ2n) is 7.16. The number of hydrogen-bond donors (Lipinski definition) is 3. The lowest BCUT2D eigenvalue weighted by Gasteiger charge is -2.20. The summed E-state index contributed by atoms with van der Waals surface area (Å²) in [6.07, 6.45) is 3.08. The quantitative estimate of drug-likeness (QED) is 0.613. The molecule has 0 saturated carbocycles. The fourth-order valence-electron chi connectivity index (χ4n) is 3.67. The molecule has 0 spiro atoms. The Morgan fingerprint density at radius 3 is 2.67 bits per heavy atom. The van der Waals surface area contributed by atoms with Gasteiger partial charge in [0.25, 0.3) is 5.91 Å². The van der Waals surface area contributed by atoms with Gasteiger partial charge in [-0.15, -0.1) is 0 Å². The molecule has 0 aliphatic carbocycles. The van der Waals surface area contributed by atoms with Crippen LogP contribution in [0.5, 0.6) is 10.8 Å². The Bertz CT molecular complexity index is 1050. The SMILES string of the molecule is O=C(NC1CC2CCC1N2)c1ccc(Oc2cccc(NS(=O)(=O)C(F)(F)F)c2)s1. The number of alkyl halides is 3. The zero-order valence-corrected chi connectivity index (χ0v) is 17.0. The first kappa shape index (κ1) is 20.9. The molecule has 7 nitrogen and oxygen atoms in total. The van der Waals surface area contributed by atoms with Gasteiger partial charge in [-0.25, -0.2) is 0 Å². The minimum absolute atomic E-state index is 0.0982. The van der Waals surface area contributed by atoms with E-state index in [2.05, 4.69) is 10.6 Å². The summed E-state index contributed by atoms with van der Waals surface area (Å²) in [6, 6.07) is 9.16. The van der Waals surface area contributed by atoms with Crippen molar-refractivity contribution in [2.75, 3.05) is 4.72 Å². The van der Waals surface area contributed by atoms with E-state index in [1.54, 1.807) is 12.1 Å². The van der Waals surface area contributed by atoms with Crippen LogP contribution >= 0.6 is 11.3 Å². The summed E-state index contributed by atoms with van der Waals surface area (Å²) in [5.74, 6) is -0.0793. The summed E-state index contributed by atoms with van der Waals surface area (Å²) in [5.41, 5.74) is -5.71. The number of nitrogens with one attached hydrogen (secondary N) is 3. The molecule has 3 N–H and O–H groups in total. The summed E-state index contributed by atoms with van der Waals surface area (Å²) >= 11 is 1.09. The van der Waals surface area contributed by atoms with Gasteiger partial charge in [-0.3, -0.25) is 9.52 Å². The third-order valence-electron chi connectivity index (χ3n) is 5.03. The van der Waals surface area contributed by atoms with E-state index in [1.807, 2.05) is 0 Å². The summed E-state index contributed by atoms with van der Waals surface area (Å²) in [6.45, 7) is 0. The molecule has 3 unspecified atom stereocenters. The highest BCUT2D eigenvalue weighted by Crippen LogP contribution is 2.33. The van der Waals surface area contributed by atoms with E-state index in [-0.39, 0.29) is 23.4 Å². The lowest BCUT2D eigenvalue weighted by Crippen LogP contribution is -2.42. The second kappa shape index (κ2) is 7.75. The monoisotopic (exact) mass is 461 g/mol. The predicted molar refractivity (Wildman–Crippen MR) is 105 cm³/mol. The summed E-state index contributed by atoms with van der Waals surface area (Å²) < 4.78 is 67.1. The maximum atomic E-state index is 12.5. The van der Waals surface area contributed by atoms with Crippen LogP contribution in [0.4, 0.5) is 18.9 Å². The van der Waals surface area contributed by atoms with Crippen LogP contribution in [0.2, 0.25) is 0 Å². The average molecular weight is 461 g/mol. The van der Waals surface area contributed by atoms with Gasteiger partial charge in [0.15, 0.2) is 5.06 Å². The molecule has 1 aromatic carbocycles. The number of carbonyl (C=O) groups excluding carboxylic acids is 1. The molecule has 2 aliphatic rings. The molecule has 3 heterocycles. The van der Waals surface area contributed by atoms with Crippen LogP contribution in [-0.2, 0) is 10.0 Å². The largest absolute Gasteiger partial charge is 0.516 e. The van der Waals surface area contributed by atoms with Gasteiger partial charge in [-0.05, 0) is 43.5 Å². The summed E-state index contributed by atoms with van der Waals surface area (Å²) in [7, 11) is -5.52. The molecule has 1 aromatic heterocycles. The van der Waals surface area contributed by atoms with E-state index >= 15 is 0 Å². The molecule has 162 valence electrons. The van der Waals surface area contributed by atoms with Crippen LogP contribution in [0.25, 0.3) is 0 Å². The Kier molecular flexibility index (Phi) is 5.41. The van der Waals surface area contributed by atoms with Gasteiger partial charge in [0.2, 0.25) is 0 Å². The number of sulfonamides is 1. The Labute approximate surface area is 174 Å². The molecule has 12 heteroatoms. The number of rotatable bonds is 6. The molecule has 4 rings (SSSR count). The van der Waals surface area contributed by atoms with E-state index in [0.717, 1.165) is 36.7 Å². The van der Waals surface area contributed by atoms with E-state index in [4.69, 9.17) is 4.74 Å². The molecule has 2 bridgehead atoms. The van der Waals surface area contributed by atoms with Crippen molar-refractivity contribution in [3.8, 4) is 10.8 Å². The van der Waals surface area contributed by atoms with Gasteiger partial charge in [0.1, 0.15) is 5.75 Å². The number of thiophene rings is 1. The van der Waals surface area contributed by atoms with Gasteiger partial charge in [-0.2, -0.15) is 21.6 Å². The van der Waals surface area contributed by atoms with Gasteiger partial charge in [0, 0.05) is 24.2 Å². The minimum Gasteiger partial charge on any atom is -0.447 e. The standard InChI is InChI=1S/C18H18F3N3O4S2/c19-18(20,21)30(26,27)24-11-2-1-3-12(8-11)28-16-7-6-15(29-16)17(25)23-14-9-10-4-5-13(14)22-10/h1-3,6-8,10,13-14,22,24H,4-5,9H2,(H,23,25). The Balaban J connectivity index is 1.39. The normalized spacial score (nSPS) is 23.4. The molecular weight excluding hydrogens is 443 g/mol. The molecular formula is C18H18F3N3O4S2. The molecule has 3 atom stereocenters. The number of fused-ring (bicyclic) bond motifs is 2. The van der Waals surface area contributed by atoms with Gasteiger partial charge in [-0.1, -0.05) is 17.4 Å². The summed E-state index contributed by atoms with van der Waals surface area (Å²) in [4.78, 5) is 12.9. The number of benzene rings is 1. The topological polar surface area (TPSA) is 96.5 Å². The highest BCUT2D eigenvalue weighted by atomic mass is 32.2. The highest BCUT2D eigenvalue weighted by Gasteiger charge is 2.46. The van der Waals surface area contributed by atoms with Gasteiger partial charge >= 0.3 is 15.5 Å². The predicted octanol–water partition coefficient (Wildman–Crippen LogP) is 3.42. The number of ether oxygens (including phenoxy) is 1. The van der Waals surface area contributed by atoms with Gasteiger partial charge < -0.3 is 15.4 Å². The van der Waals surface area contributed by atoms with Crippen LogP contribution in [0, 0.1) is 0 Å². The third kappa shape index (κ3) is 4.40. The van der Waals surface area contributed by atoms with E-state index in [0.29, 0.717) is 22.0 Å². The second-order valence-corrected chi connectivity index (χ2v) is 9.88. The van der Waals surface area contributed by atoms with Crippen LogP contribution in [-0.4, -0.2) is 38.0 Å². The number of amides is 1. The number of anilines is 1. The van der Waals surface area contributed by atoms with Crippen LogP contribution in [0.3, 0.4) is 0 Å². The highest BCUT2D eigenvalue weighted by molar-refractivity contribution is 7.93. The molecule has 2 aromatic rings. The smallest absolute Gasteiger partial charge is 0.447 e.